The lowest BCUT2D eigenvalue weighted by molar-refractivity contribution is -0.133. The summed E-state index contributed by atoms with van der Waals surface area (Å²) in [6, 6.07) is 13.5. The van der Waals surface area contributed by atoms with E-state index in [-0.39, 0.29) is 37.1 Å². The first-order valence-corrected chi connectivity index (χ1v) is 10.5. The van der Waals surface area contributed by atoms with Gasteiger partial charge in [-0.1, -0.05) is 30.3 Å². The number of imide groups is 1. The largest absolute Gasteiger partial charge is 0.368 e. The normalized spacial score (nSPS) is 16.7. The number of carbonyl (C=O) groups excluding carboxylic acids is 3. The van der Waals surface area contributed by atoms with Crippen LogP contribution >= 0.6 is 0 Å². The molecule has 0 aliphatic carbocycles. The average Bonchev–Trinajstić information content (AvgIpc) is 2.75. The molecule has 0 radical (unpaired) electrons. The van der Waals surface area contributed by atoms with Crippen LogP contribution < -0.4 is 4.90 Å². The van der Waals surface area contributed by atoms with Gasteiger partial charge in [0.15, 0.2) is 0 Å². The number of hydrogen-bond acceptors (Lipinski definition) is 4. The number of carbonyl (C=O) groups is 3. The fourth-order valence-electron chi connectivity index (χ4n) is 4.27. The molecule has 2 heterocycles. The number of anilines is 1. The summed E-state index contributed by atoms with van der Waals surface area (Å²) >= 11 is 0. The molecule has 1 fully saturated rings. The molecule has 2 aliphatic rings. The third kappa shape index (κ3) is 3.82. The van der Waals surface area contributed by atoms with Gasteiger partial charge >= 0.3 is 0 Å². The van der Waals surface area contributed by atoms with Crippen LogP contribution in [0.15, 0.2) is 42.5 Å². The Morgan fingerprint density at radius 1 is 0.933 bits per heavy atom. The number of amides is 3. The van der Waals surface area contributed by atoms with Crippen LogP contribution in [0.1, 0.15) is 33.5 Å². The molecule has 1 saturated heterocycles. The summed E-state index contributed by atoms with van der Waals surface area (Å²) in [6.07, 6.45) is 0.383. The first-order chi connectivity index (χ1) is 14.5. The summed E-state index contributed by atoms with van der Waals surface area (Å²) in [5, 5.41) is 0. The minimum Gasteiger partial charge on any atom is -0.368 e. The number of rotatable bonds is 4. The van der Waals surface area contributed by atoms with Crippen molar-refractivity contribution in [3.63, 3.8) is 0 Å². The van der Waals surface area contributed by atoms with E-state index in [0.29, 0.717) is 18.7 Å². The van der Waals surface area contributed by atoms with Crippen molar-refractivity contribution in [3.8, 4) is 0 Å². The predicted molar refractivity (Wildman–Crippen MR) is 116 cm³/mol. The maximum atomic E-state index is 12.7. The molecule has 3 amide bonds. The zero-order valence-corrected chi connectivity index (χ0v) is 17.6. The van der Waals surface area contributed by atoms with Gasteiger partial charge < -0.3 is 9.80 Å². The third-order valence-corrected chi connectivity index (χ3v) is 6.23. The van der Waals surface area contributed by atoms with Crippen LogP contribution in [0.25, 0.3) is 0 Å². The summed E-state index contributed by atoms with van der Waals surface area (Å²) in [5.41, 5.74) is 5.10. The van der Waals surface area contributed by atoms with Crippen molar-refractivity contribution >= 4 is 23.4 Å². The van der Waals surface area contributed by atoms with Crippen LogP contribution in [0.5, 0.6) is 0 Å². The van der Waals surface area contributed by atoms with E-state index in [1.807, 2.05) is 17.0 Å². The Bertz CT molecular complexity index is 993. The lowest BCUT2D eigenvalue weighted by atomic mass is 9.98. The van der Waals surface area contributed by atoms with E-state index in [1.54, 1.807) is 12.1 Å². The average molecular weight is 405 g/mol. The van der Waals surface area contributed by atoms with E-state index >= 15 is 0 Å². The van der Waals surface area contributed by atoms with Crippen molar-refractivity contribution < 1.29 is 14.4 Å². The van der Waals surface area contributed by atoms with Gasteiger partial charge in [0.25, 0.3) is 5.91 Å². The third-order valence-electron chi connectivity index (χ3n) is 6.23. The van der Waals surface area contributed by atoms with Gasteiger partial charge in [0, 0.05) is 50.4 Å². The molecule has 6 heteroatoms. The van der Waals surface area contributed by atoms with Gasteiger partial charge in [-0.3, -0.25) is 19.3 Å². The number of nitrogens with zero attached hydrogens (tertiary/aromatic N) is 3. The Hall–Kier alpha value is -3.15. The monoisotopic (exact) mass is 405 g/mol. The van der Waals surface area contributed by atoms with E-state index in [0.717, 1.165) is 18.7 Å². The predicted octanol–water partition coefficient (Wildman–Crippen LogP) is 2.57. The van der Waals surface area contributed by atoms with Crippen molar-refractivity contribution in [1.29, 1.82) is 0 Å². The Morgan fingerprint density at radius 2 is 1.67 bits per heavy atom. The number of aryl methyl sites for hydroxylation is 1. The van der Waals surface area contributed by atoms with E-state index in [2.05, 4.69) is 36.9 Å². The summed E-state index contributed by atoms with van der Waals surface area (Å²) in [5.74, 6) is -0.532. The Kier molecular flexibility index (Phi) is 5.57. The summed E-state index contributed by atoms with van der Waals surface area (Å²) < 4.78 is 0. The minimum absolute atomic E-state index is 0.00456. The summed E-state index contributed by atoms with van der Waals surface area (Å²) in [7, 11) is 0. The Balaban J connectivity index is 1.33. The van der Waals surface area contributed by atoms with Crippen molar-refractivity contribution in [2.24, 2.45) is 0 Å². The second-order valence-corrected chi connectivity index (χ2v) is 8.02. The lowest BCUT2D eigenvalue weighted by Gasteiger charge is -2.37. The molecule has 0 unspecified atom stereocenters. The van der Waals surface area contributed by atoms with Crippen molar-refractivity contribution in [2.45, 2.75) is 26.7 Å². The number of hydrogen-bond donors (Lipinski definition) is 0. The van der Waals surface area contributed by atoms with Gasteiger partial charge in [0.1, 0.15) is 0 Å². The molecular weight excluding hydrogens is 378 g/mol. The zero-order valence-electron chi connectivity index (χ0n) is 17.6. The first-order valence-electron chi connectivity index (χ1n) is 10.5. The SMILES string of the molecule is Cc1cccc(N2CCN(C(=O)CCN3C(=O)Cc4ccccc4C3=O)CC2)c1C. The van der Waals surface area contributed by atoms with E-state index in [1.165, 1.54) is 21.7 Å². The summed E-state index contributed by atoms with van der Waals surface area (Å²) in [6.45, 7) is 7.25. The molecule has 0 saturated carbocycles. The highest BCUT2D eigenvalue weighted by atomic mass is 16.2. The van der Waals surface area contributed by atoms with Gasteiger partial charge in [0.2, 0.25) is 11.8 Å². The molecule has 30 heavy (non-hydrogen) atoms. The van der Waals surface area contributed by atoms with Gasteiger partial charge in [0.05, 0.1) is 6.42 Å². The molecule has 0 spiro atoms. The number of fused-ring (bicyclic) bond motifs is 1. The lowest BCUT2D eigenvalue weighted by Crippen LogP contribution is -2.50. The van der Waals surface area contributed by atoms with Crippen LogP contribution in [-0.2, 0) is 16.0 Å². The maximum Gasteiger partial charge on any atom is 0.260 e. The minimum atomic E-state index is -0.297. The molecular formula is C24H27N3O3. The molecule has 6 nitrogen and oxygen atoms in total. The first kappa shape index (κ1) is 20.1. The van der Waals surface area contributed by atoms with E-state index in [4.69, 9.17) is 0 Å². The van der Waals surface area contributed by atoms with Gasteiger partial charge in [-0.25, -0.2) is 0 Å². The molecule has 4 rings (SSSR count). The molecule has 156 valence electrons. The van der Waals surface area contributed by atoms with Crippen molar-refractivity contribution in [3.05, 3.63) is 64.7 Å². The molecule has 2 aromatic rings. The van der Waals surface area contributed by atoms with Crippen molar-refractivity contribution in [2.75, 3.05) is 37.6 Å². The standard InChI is InChI=1S/C24H27N3O3/c1-17-6-5-9-21(18(17)2)25-12-14-26(15-13-25)22(28)10-11-27-23(29)16-19-7-3-4-8-20(19)24(27)30/h3-9H,10-16H2,1-2H3. The van der Waals surface area contributed by atoms with E-state index in [9.17, 15) is 14.4 Å². The van der Waals surface area contributed by atoms with Crippen LogP contribution in [-0.4, -0.2) is 60.2 Å². The Labute approximate surface area is 177 Å². The molecule has 0 N–H and O–H groups in total. The molecule has 2 aromatic carbocycles. The second kappa shape index (κ2) is 8.30. The zero-order chi connectivity index (χ0) is 21.3. The van der Waals surface area contributed by atoms with E-state index < -0.39 is 0 Å². The Morgan fingerprint density at radius 3 is 2.43 bits per heavy atom. The van der Waals surface area contributed by atoms with Gasteiger partial charge in [-0.05, 0) is 42.7 Å². The topological polar surface area (TPSA) is 60.9 Å². The van der Waals surface area contributed by atoms with Gasteiger partial charge in [-0.15, -0.1) is 0 Å². The highest BCUT2D eigenvalue weighted by molar-refractivity contribution is 6.09. The smallest absolute Gasteiger partial charge is 0.260 e. The maximum absolute atomic E-state index is 12.7. The molecule has 0 atom stereocenters. The van der Waals surface area contributed by atoms with Gasteiger partial charge in [-0.2, -0.15) is 0 Å². The van der Waals surface area contributed by atoms with Crippen molar-refractivity contribution in [1.82, 2.24) is 9.80 Å². The summed E-state index contributed by atoms with van der Waals surface area (Å²) in [4.78, 5) is 43.2. The van der Waals surface area contributed by atoms with Crippen LogP contribution in [0.3, 0.4) is 0 Å². The molecule has 2 aliphatic heterocycles. The molecule has 0 bridgehead atoms. The molecule has 0 aromatic heterocycles. The second-order valence-electron chi connectivity index (χ2n) is 8.02. The highest BCUT2D eigenvalue weighted by Gasteiger charge is 2.31. The van der Waals surface area contributed by atoms with Crippen LogP contribution in [0, 0.1) is 13.8 Å². The fourth-order valence-corrected chi connectivity index (χ4v) is 4.27. The fraction of sp³-hybridized carbons (Fsp3) is 0.375. The quantitative estimate of drug-likeness (QED) is 0.734. The number of piperazine rings is 1. The van der Waals surface area contributed by atoms with Crippen LogP contribution in [0.2, 0.25) is 0 Å². The highest BCUT2D eigenvalue weighted by Crippen LogP contribution is 2.24. The number of benzene rings is 2. The van der Waals surface area contributed by atoms with Crippen LogP contribution in [0.4, 0.5) is 5.69 Å².